The number of nitrogens with one attached hydrogen (secondary N) is 1. The lowest BCUT2D eigenvalue weighted by Gasteiger charge is -2.25. The van der Waals surface area contributed by atoms with Gasteiger partial charge in [0.15, 0.2) is 0 Å². The van der Waals surface area contributed by atoms with E-state index < -0.39 is 17.9 Å². The zero-order valence-corrected chi connectivity index (χ0v) is 17.6. The summed E-state index contributed by atoms with van der Waals surface area (Å²) >= 11 is 0. The van der Waals surface area contributed by atoms with Gasteiger partial charge in [-0.1, -0.05) is 48.5 Å². The molecule has 0 aromatic heterocycles. The first kappa shape index (κ1) is 22.5. The molecule has 0 saturated carbocycles. The third kappa shape index (κ3) is 5.70. The van der Waals surface area contributed by atoms with Crippen molar-refractivity contribution in [2.75, 3.05) is 24.6 Å². The van der Waals surface area contributed by atoms with E-state index in [1.807, 2.05) is 42.5 Å². The standard InChI is InChI=1S/C24H28N2O5/c1-2-31-24(30)19(17-8-4-3-5-9-17)14-15-25-20-13-12-18-10-6-7-11-21(18)26(23(20)29)16-22(27)28/h3-11,19-20,25H,2,12-16H2,1H3,(H,27,28). The van der Waals surface area contributed by atoms with Gasteiger partial charge < -0.3 is 15.2 Å². The van der Waals surface area contributed by atoms with Crippen LogP contribution in [0.2, 0.25) is 0 Å². The number of esters is 1. The van der Waals surface area contributed by atoms with Crippen molar-refractivity contribution in [3.8, 4) is 0 Å². The summed E-state index contributed by atoms with van der Waals surface area (Å²) in [4.78, 5) is 38.3. The number of carbonyl (C=O) groups is 3. The van der Waals surface area contributed by atoms with Gasteiger partial charge in [0, 0.05) is 5.69 Å². The Morgan fingerprint density at radius 1 is 1.16 bits per heavy atom. The SMILES string of the molecule is CCOC(=O)C(CCNC1CCc2ccccc2N(CC(=O)O)C1=O)c1ccccc1. The predicted molar refractivity (Wildman–Crippen MR) is 117 cm³/mol. The number of rotatable bonds is 9. The molecular weight excluding hydrogens is 396 g/mol. The summed E-state index contributed by atoms with van der Waals surface area (Å²) in [5, 5.41) is 12.6. The zero-order valence-electron chi connectivity index (χ0n) is 17.6. The number of aryl methyl sites for hydroxylation is 1. The Morgan fingerprint density at radius 2 is 1.87 bits per heavy atom. The van der Waals surface area contributed by atoms with Crippen molar-refractivity contribution < 1.29 is 24.2 Å². The van der Waals surface area contributed by atoms with Crippen molar-refractivity contribution in [3.63, 3.8) is 0 Å². The van der Waals surface area contributed by atoms with Gasteiger partial charge in [-0.3, -0.25) is 19.3 Å². The number of benzene rings is 2. The molecular formula is C24H28N2O5. The van der Waals surface area contributed by atoms with E-state index in [1.54, 1.807) is 19.1 Å². The summed E-state index contributed by atoms with van der Waals surface area (Å²) in [7, 11) is 0. The quantitative estimate of drug-likeness (QED) is 0.601. The molecule has 3 rings (SSSR count). The largest absolute Gasteiger partial charge is 0.480 e. The summed E-state index contributed by atoms with van der Waals surface area (Å²) < 4.78 is 5.24. The number of ether oxygens (including phenoxy) is 1. The van der Waals surface area contributed by atoms with E-state index in [0.717, 1.165) is 11.1 Å². The molecule has 0 radical (unpaired) electrons. The van der Waals surface area contributed by atoms with E-state index in [-0.39, 0.29) is 18.4 Å². The van der Waals surface area contributed by atoms with Gasteiger partial charge in [0.1, 0.15) is 6.54 Å². The number of nitrogens with zero attached hydrogens (tertiary/aromatic N) is 1. The summed E-state index contributed by atoms with van der Waals surface area (Å²) in [6.45, 7) is 2.12. The Bertz CT molecular complexity index is 915. The van der Waals surface area contributed by atoms with Crippen molar-refractivity contribution in [2.24, 2.45) is 0 Å². The third-order valence-corrected chi connectivity index (χ3v) is 5.44. The fourth-order valence-corrected chi connectivity index (χ4v) is 3.95. The first-order valence-electron chi connectivity index (χ1n) is 10.6. The molecule has 164 valence electrons. The molecule has 2 N–H and O–H groups in total. The second-order valence-corrected chi connectivity index (χ2v) is 7.50. The van der Waals surface area contributed by atoms with Gasteiger partial charge in [-0.25, -0.2) is 0 Å². The molecule has 7 heteroatoms. The van der Waals surface area contributed by atoms with Crippen molar-refractivity contribution in [2.45, 2.75) is 38.1 Å². The predicted octanol–water partition coefficient (Wildman–Crippen LogP) is 2.75. The minimum atomic E-state index is -1.06. The maximum atomic E-state index is 13.1. The monoisotopic (exact) mass is 424 g/mol. The highest BCUT2D eigenvalue weighted by atomic mass is 16.5. The summed E-state index contributed by atoms with van der Waals surface area (Å²) in [5.74, 6) is -2.04. The first-order chi connectivity index (χ1) is 15.0. The van der Waals surface area contributed by atoms with Crippen LogP contribution < -0.4 is 10.2 Å². The average molecular weight is 424 g/mol. The molecule has 2 unspecified atom stereocenters. The molecule has 1 amide bonds. The van der Waals surface area contributed by atoms with Crippen LogP contribution in [0, 0.1) is 0 Å². The first-order valence-corrected chi connectivity index (χ1v) is 10.6. The molecule has 1 aliphatic rings. The van der Waals surface area contributed by atoms with Crippen molar-refractivity contribution >= 4 is 23.5 Å². The molecule has 0 saturated heterocycles. The Labute approximate surface area is 182 Å². The molecule has 2 atom stereocenters. The van der Waals surface area contributed by atoms with Crippen LogP contribution in [0.25, 0.3) is 0 Å². The number of aliphatic carboxylic acids is 1. The molecule has 7 nitrogen and oxygen atoms in total. The fourth-order valence-electron chi connectivity index (χ4n) is 3.95. The number of hydrogen-bond donors (Lipinski definition) is 2. The van der Waals surface area contributed by atoms with Gasteiger partial charge in [0.2, 0.25) is 5.91 Å². The van der Waals surface area contributed by atoms with E-state index in [9.17, 15) is 19.5 Å². The molecule has 0 fully saturated rings. The number of carboxylic acids is 1. The van der Waals surface area contributed by atoms with Gasteiger partial charge >= 0.3 is 11.9 Å². The molecule has 1 aliphatic heterocycles. The Morgan fingerprint density at radius 3 is 2.58 bits per heavy atom. The highest BCUT2D eigenvalue weighted by Gasteiger charge is 2.31. The lowest BCUT2D eigenvalue weighted by Crippen LogP contribution is -2.48. The van der Waals surface area contributed by atoms with Crippen LogP contribution in [0.1, 0.15) is 36.8 Å². The summed E-state index contributed by atoms with van der Waals surface area (Å²) in [5.41, 5.74) is 2.47. The number of fused-ring (bicyclic) bond motifs is 1. The zero-order chi connectivity index (χ0) is 22.2. The van der Waals surface area contributed by atoms with E-state index in [2.05, 4.69) is 5.32 Å². The summed E-state index contributed by atoms with van der Waals surface area (Å²) in [6, 6.07) is 16.3. The number of carboxylic acid groups (broad SMARTS) is 1. The smallest absolute Gasteiger partial charge is 0.323 e. The highest BCUT2D eigenvalue weighted by Crippen LogP contribution is 2.27. The lowest BCUT2D eigenvalue weighted by molar-refractivity contribution is -0.145. The molecule has 0 aliphatic carbocycles. The highest BCUT2D eigenvalue weighted by molar-refractivity contribution is 6.01. The Hall–Kier alpha value is -3.19. The maximum Gasteiger partial charge on any atom is 0.323 e. The van der Waals surface area contributed by atoms with Gasteiger partial charge in [0.25, 0.3) is 0 Å². The van der Waals surface area contributed by atoms with Gasteiger partial charge in [0.05, 0.1) is 18.6 Å². The Balaban J connectivity index is 1.71. The van der Waals surface area contributed by atoms with Crippen molar-refractivity contribution in [1.82, 2.24) is 5.32 Å². The molecule has 2 aromatic rings. The van der Waals surface area contributed by atoms with Crippen LogP contribution in [-0.4, -0.2) is 48.7 Å². The van der Waals surface area contributed by atoms with Crippen LogP contribution in [-0.2, 0) is 25.5 Å². The number of carbonyl (C=O) groups excluding carboxylic acids is 2. The number of para-hydroxylation sites is 1. The second-order valence-electron chi connectivity index (χ2n) is 7.50. The van der Waals surface area contributed by atoms with E-state index in [0.29, 0.717) is 38.1 Å². The minimum Gasteiger partial charge on any atom is -0.480 e. The number of anilines is 1. The minimum absolute atomic E-state index is 0.264. The number of hydrogen-bond acceptors (Lipinski definition) is 5. The third-order valence-electron chi connectivity index (χ3n) is 5.44. The number of amides is 1. The van der Waals surface area contributed by atoms with Crippen molar-refractivity contribution in [3.05, 3.63) is 65.7 Å². The molecule has 0 spiro atoms. The van der Waals surface area contributed by atoms with Crippen molar-refractivity contribution in [1.29, 1.82) is 0 Å². The Kier molecular flexibility index (Phi) is 7.78. The van der Waals surface area contributed by atoms with Gasteiger partial charge in [-0.15, -0.1) is 0 Å². The molecule has 2 aromatic carbocycles. The average Bonchev–Trinajstić information content (AvgIpc) is 2.89. The molecule has 0 bridgehead atoms. The van der Waals surface area contributed by atoms with Crippen LogP contribution in [0.15, 0.2) is 54.6 Å². The second kappa shape index (κ2) is 10.7. The van der Waals surface area contributed by atoms with Gasteiger partial charge in [-0.2, -0.15) is 0 Å². The molecule has 31 heavy (non-hydrogen) atoms. The fraction of sp³-hybridized carbons (Fsp3) is 0.375. The van der Waals surface area contributed by atoms with Crippen LogP contribution in [0.5, 0.6) is 0 Å². The normalized spacial score (nSPS) is 16.9. The van der Waals surface area contributed by atoms with Crippen LogP contribution in [0.4, 0.5) is 5.69 Å². The van der Waals surface area contributed by atoms with Gasteiger partial charge in [-0.05, 0) is 49.9 Å². The molecule has 1 heterocycles. The summed E-state index contributed by atoms with van der Waals surface area (Å²) in [6.07, 6.45) is 1.69. The van der Waals surface area contributed by atoms with E-state index in [4.69, 9.17) is 4.74 Å². The van der Waals surface area contributed by atoms with Crippen LogP contribution in [0.3, 0.4) is 0 Å². The topological polar surface area (TPSA) is 95.9 Å². The maximum absolute atomic E-state index is 13.1. The lowest BCUT2D eigenvalue weighted by atomic mass is 9.95. The van der Waals surface area contributed by atoms with E-state index in [1.165, 1.54) is 4.90 Å². The van der Waals surface area contributed by atoms with Crippen LogP contribution >= 0.6 is 0 Å². The van der Waals surface area contributed by atoms with E-state index >= 15 is 0 Å².